The summed E-state index contributed by atoms with van der Waals surface area (Å²) in [5, 5.41) is 9.23. The van der Waals surface area contributed by atoms with Crippen molar-refractivity contribution in [2.75, 3.05) is 19.0 Å². The van der Waals surface area contributed by atoms with Gasteiger partial charge in [-0.25, -0.2) is 4.40 Å². The molecule has 4 aromatic rings. The zero-order chi connectivity index (χ0) is 19.0. The third kappa shape index (κ3) is 2.97. The molecule has 7 heteroatoms. The summed E-state index contributed by atoms with van der Waals surface area (Å²) in [4.78, 5) is 19.0. The Balaban J connectivity index is 1.92. The van der Waals surface area contributed by atoms with Crippen molar-refractivity contribution < 1.29 is 0 Å². The quantitative estimate of drug-likeness (QED) is 0.559. The summed E-state index contributed by atoms with van der Waals surface area (Å²) in [5.74, 6) is 1.21. The largest absolute Gasteiger partial charge is 0.347 e. The number of hydrogen-bond acceptors (Lipinski definition) is 5. The first-order chi connectivity index (χ1) is 13.1. The van der Waals surface area contributed by atoms with E-state index in [-0.39, 0.29) is 5.56 Å². The molecule has 0 N–H and O–H groups in total. The van der Waals surface area contributed by atoms with Crippen molar-refractivity contribution in [1.82, 2.24) is 24.1 Å². The molecule has 0 radical (unpaired) electrons. The lowest BCUT2D eigenvalue weighted by Crippen LogP contribution is -2.24. The van der Waals surface area contributed by atoms with E-state index < -0.39 is 0 Å². The molecule has 0 saturated heterocycles. The minimum absolute atomic E-state index is 0.0710. The molecule has 0 atom stereocenters. The van der Waals surface area contributed by atoms with E-state index in [1.54, 1.807) is 17.0 Å². The minimum atomic E-state index is -0.0710. The SMILES string of the molecule is Cc1ccc2c(c1)c(=O)n(CC=Cc1ccncc1)c1nnc(N(C)C)n21. The molecule has 0 bridgehead atoms. The molecule has 0 aliphatic rings. The van der Waals surface area contributed by atoms with Crippen molar-refractivity contribution in [2.24, 2.45) is 0 Å². The molecule has 7 nitrogen and oxygen atoms in total. The zero-order valence-electron chi connectivity index (χ0n) is 15.5. The van der Waals surface area contributed by atoms with Gasteiger partial charge in [-0.15, -0.1) is 10.2 Å². The summed E-state index contributed by atoms with van der Waals surface area (Å²) in [6.07, 6.45) is 7.39. The normalized spacial score (nSPS) is 11.7. The summed E-state index contributed by atoms with van der Waals surface area (Å²) in [6, 6.07) is 9.69. The molecule has 0 aliphatic heterocycles. The van der Waals surface area contributed by atoms with Crippen LogP contribution < -0.4 is 10.5 Å². The van der Waals surface area contributed by atoms with Crippen LogP contribution in [0.2, 0.25) is 0 Å². The Hall–Kier alpha value is -3.48. The lowest BCUT2D eigenvalue weighted by atomic mass is 10.1. The lowest BCUT2D eigenvalue weighted by Gasteiger charge is -2.13. The van der Waals surface area contributed by atoms with E-state index in [2.05, 4.69) is 15.2 Å². The van der Waals surface area contributed by atoms with Crippen molar-refractivity contribution in [3.05, 3.63) is 70.3 Å². The van der Waals surface area contributed by atoms with E-state index in [1.807, 2.05) is 72.8 Å². The summed E-state index contributed by atoms with van der Waals surface area (Å²) in [7, 11) is 3.82. The highest BCUT2D eigenvalue weighted by molar-refractivity contribution is 5.82. The van der Waals surface area contributed by atoms with Crippen LogP contribution >= 0.6 is 0 Å². The van der Waals surface area contributed by atoms with E-state index in [9.17, 15) is 4.79 Å². The summed E-state index contributed by atoms with van der Waals surface area (Å²) >= 11 is 0. The molecule has 0 amide bonds. The standard InChI is InChI=1S/C20H20N6O/c1-14-6-7-17-16(13-14)18(27)25(12-4-5-15-8-10-21-11-9-15)20-23-22-19(24(2)3)26(17)20/h4-11,13H,12H2,1-3H3. The van der Waals surface area contributed by atoms with Gasteiger partial charge in [-0.3, -0.25) is 14.3 Å². The maximum absolute atomic E-state index is 13.1. The van der Waals surface area contributed by atoms with E-state index in [1.165, 1.54) is 0 Å². The van der Waals surface area contributed by atoms with Crippen LogP contribution in [0.5, 0.6) is 0 Å². The number of benzene rings is 1. The first-order valence-electron chi connectivity index (χ1n) is 8.68. The van der Waals surface area contributed by atoms with E-state index in [4.69, 9.17) is 0 Å². The van der Waals surface area contributed by atoms with Crippen molar-refractivity contribution in [3.63, 3.8) is 0 Å². The first kappa shape index (κ1) is 17.0. The molecule has 0 fully saturated rings. The fourth-order valence-corrected chi connectivity index (χ4v) is 3.13. The van der Waals surface area contributed by atoms with Gasteiger partial charge in [-0.2, -0.15) is 0 Å². The molecular formula is C20H20N6O. The second-order valence-corrected chi connectivity index (χ2v) is 6.65. The van der Waals surface area contributed by atoms with Crippen LogP contribution in [0, 0.1) is 6.92 Å². The Labute approximate surface area is 156 Å². The number of nitrogens with zero attached hydrogens (tertiary/aromatic N) is 6. The third-order valence-electron chi connectivity index (χ3n) is 4.44. The Bertz CT molecular complexity index is 1200. The molecule has 1 aromatic carbocycles. The van der Waals surface area contributed by atoms with Gasteiger partial charge >= 0.3 is 0 Å². The molecule has 0 unspecified atom stereocenters. The van der Waals surface area contributed by atoms with Crippen LogP contribution in [0.4, 0.5) is 5.95 Å². The topological polar surface area (TPSA) is 68.3 Å². The highest BCUT2D eigenvalue weighted by Crippen LogP contribution is 2.19. The van der Waals surface area contributed by atoms with Crippen LogP contribution in [0.1, 0.15) is 11.1 Å². The third-order valence-corrected chi connectivity index (χ3v) is 4.44. The van der Waals surface area contributed by atoms with Gasteiger partial charge in [0.15, 0.2) is 0 Å². The molecule has 3 heterocycles. The Morgan fingerprint density at radius 2 is 1.89 bits per heavy atom. The number of rotatable bonds is 4. The van der Waals surface area contributed by atoms with Gasteiger partial charge in [-0.1, -0.05) is 23.8 Å². The zero-order valence-corrected chi connectivity index (χ0v) is 15.5. The second-order valence-electron chi connectivity index (χ2n) is 6.65. The number of pyridine rings is 1. The van der Waals surface area contributed by atoms with Gasteiger partial charge in [0.2, 0.25) is 11.7 Å². The smallest absolute Gasteiger partial charge is 0.263 e. The van der Waals surface area contributed by atoms with Crippen LogP contribution in [0.3, 0.4) is 0 Å². The van der Waals surface area contributed by atoms with E-state index in [0.717, 1.165) is 16.6 Å². The van der Waals surface area contributed by atoms with Crippen LogP contribution in [-0.4, -0.2) is 38.2 Å². The maximum atomic E-state index is 13.1. The monoisotopic (exact) mass is 360 g/mol. The fourth-order valence-electron chi connectivity index (χ4n) is 3.13. The van der Waals surface area contributed by atoms with Gasteiger partial charge in [0.05, 0.1) is 10.9 Å². The molecule has 0 aliphatic carbocycles. The average molecular weight is 360 g/mol. The summed E-state index contributed by atoms with van der Waals surface area (Å²) in [6.45, 7) is 2.38. The predicted molar refractivity (Wildman–Crippen MR) is 107 cm³/mol. The molecule has 0 spiro atoms. The van der Waals surface area contributed by atoms with E-state index >= 15 is 0 Å². The molecule has 3 aromatic heterocycles. The molecular weight excluding hydrogens is 340 g/mol. The molecule has 4 rings (SSSR count). The lowest BCUT2D eigenvalue weighted by molar-refractivity contribution is 0.786. The van der Waals surface area contributed by atoms with Gasteiger partial charge < -0.3 is 4.90 Å². The maximum Gasteiger partial charge on any atom is 0.263 e. The first-order valence-corrected chi connectivity index (χ1v) is 8.68. The number of allylic oxidation sites excluding steroid dienone is 1. The Kier molecular flexibility index (Phi) is 4.19. The Morgan fingerprint density at radius 1 is 1.11 bits per heavy atom. The van der Waals surface area contributed by atoms with Gasteiger partial charge in [0.1, 0.15) is 0 Å². The second kappa shape index (κ2) is 6.68. The number of fused-ring (bicyclic) bond motifs is 3. The van der Waals surface area contributed by atoms with Gasteiger partial charge in [0, 0.05) is 33.0 Å². The molecule has 136 valence electrons. The van der Waals surface area contributed by atoms with E-state index in [0.29, 0.717) is 23.7 Å². The highest BCUT2D eigenvalue weighted by Gasteiger charge is 2.17. The van der Waals surface area contributed by atoms with Crippen molar-refractivity contribution in [1.29, 1.82) is 0 Å². The van der Waals surface area contributed by atoms with Crippen molar-refractivity contribution in [2.45, 2.75) is 13.5 Å². The van der Waals surface area contributed by atoms with Crippen LogP contribution in [0.15, 0.2) is 53.6 Å². The molecule has 0 saturated carbocycles. The predicted octanol–water partition coefficient (Wildman–Crippen LogP) is 2.53. The van der Waals surface area contributed by atoms with Crippen LogP contribution in [0.25, 0.3) is 22.8 Å². The molecule has 27 heavy (non-hydrogen) atoms. The average Bonchev–Trinajstić information content (AvgIpc) is 3.10. The fraction of sp³-hybridized carbons (Fsp3) is 0.200. The number of aromatic nitrogens is 5. The van der Waals surface area contributed by atoms with Crippen molar-refractivity contribution >= 4 is 28.7 Å². The minimum Gasteiger partial charge on any atom is -0.347 e. The number of aryl methyl sites for hydroxylation is 1. The summed E-state index contributed by atoms with van der Waals surface area (Å²) < 4.78 is 3.58. The number of hydrogen-bond donors (Lipinski definition) is 0. The van der Waals surface area contributed by atoms with Gasteiger partial charge in [-0.05, 0) is 36.8 Å². The summed E-state index contributed by atoms with van der Waals surface area (Å²) in [5.41, 5.74) is 2.81. The Morgan fingerprint density at radius 3 is 2.63 bits per heavy atom. The van der Waals surface area contributed by atoms with Crippen LogP contribution in [-0.2, 0) is 6.54 Å². The highest BCUT2D eigenvalue weighted by atomic mass is 16.1. The van der Waals surface area contributed by atoms with Gasteiger partial charge in [0.25, 0.3) is 5.56 Å². The van der Waals surface area contributed by atoms with Crippen molar-refractivity contribution in [3.8, 4) is 0 Å². The number of anilines is 1.